The van der Waals surface area contributed by atoms with Gasteiger partial charge in [-0.25, -0.2) is 4.79 Å². The van der Waals surface area contributed by atoms with E-state index in [1.165, 1.54) is 4.90 Å². The Morgan fingerprint density at radius 1 is 1.07 bits per heavy atom. The number of nitrogens with zero attached hydrogens (tertiary/aromatic N) is 3. The quantitative estimate of drug-likeness (QED) is 0.472. The van der Waals surface area contributed by atoms with E-state index >= 15 is 0 Å². The summed E-state index contributed by atoms with van der Waals surface area (Å²) in [5.74, 6) is -0.658. The van der Waals surface area contributed by atoms with Gasteiger partial charge in [0.2, 0.25) is 5.91 Å². The average Bonchev–Trinajstić information content (AvgIpc) is 3.65. The van der Waals surface area contributed by atoms with Crippen LogP contribution in [0.3, 0.4) is 0 Å². The molecule has 4 amide bonds. The second-order valence-corrected chi connectivity index (χ2v) is 11.3. The highest BCUT2D eigenvalue weighted by Crippen LogP contribution is 2.33. The summed E-state index contributed by atoms with van der Waals surface area (Å²) in [7, 11) is 0. The first-order valence-electron chi connectivity index (χ1n) is 13.9. The molecule has 12 heteroatoms. The van der Waals surface area contributed by atoms with E-state index < -0.39 is 30.8 Å². The molecular weight excluding hydrogens is 525 g/mol. The molecule has 1 saturated carbocycles. The lowest BCUT2D eigenvalue weighted by molar-refractivity contribution is -0.150. The summed E-state index contributed by atoms with van der Waals surface area (Å²) in [5, 5.41) is 12.2. The number of carbonyl (C=O) groups is 3. The Bertz CT molecular complexity index is 1270. The standard InChI is InChI=1S/C28H35F3N6O3/c1-16(2)37-22(10-11-32-37)25(38)35-24(17-6-4-3-5-7-17)26(39)33-20-9-8-18-13-21(14-19(18)12-20)36-15-23(28(29,30)31)34-27(36)40/h8-12,16-17,21,23-24H,3-7,13-15H2,1-2H3,(H,33,39)(H,34,40)(H,35,38)/t21?,23-,24-/m0/s1. The van der Waals surface area contributed by atoms with Crippen LogP contribution in [0.4, 0.5) is 23.7 Å². The molecule has 2 fully saturated rings. The largest absolute Gasteiger partial charge is 0.410 e. The molecule has 1 unspecified atom stereocenters. The highest BCUT2D eigenvalue weighted by molar-refractivity contribution is 6.00. The lowest BCUT2D eigenvalue weighted by Gasteiger charge is -2.30. The first-order chi connectivity index (χ1) is 19.0. The molecule has 3 atom stereocenters. The van der Waals surface area contributed by atoms with Crippen LogP contribution in [0.25, 0.3) is 0 Å². The molecule has 3 N–H and O–H groups in total. The fraction of sp³-hybridized carbons (Fsp3) is 0.571. The number of alkyl halides is 3. The fourth-order valence-corrected chi connectivity index (χ4v) is 6.16. The molecule has 3 aliphatic rings. The van der Waals surface area contributed by atoms with E-state index in [0.717, 1.165) is 43.2 Å². The molecule has 1 aliphatic heterocycles. The van der Waals surface area contributed by atoms with Gasteiger partial charge in [0.1, 0.15) is 17.8 Å². The minimum Gasteiger partial charge on any atom is -0.339 e. The number of hydrogen-bond acceptors (Lipinski definition) is 4. The van der Waals surface area contributed by atoms with E-state index in [-0.39, 0.29) is 29.8 Å². The van der Waals surface area contributed by atoms with Gasteiger partial charge in [-0.2, -0.15) is 18.3 Å². The van der Waals surface area contributed by atoms with Gasteiger partial charge in [0, 0.05) is 24.0 Å². The summed E-state index contributed by atoms with van der Waals surface area (Å²) < 4.78 is 41.0. The molecule has 0 spiro atoms. The first-order valence-corrected chi connectivity index (χ1v) is 13.9. The van der Waals surface area contributed by atoms with E-state index in [1.807, 2.05) is 31.3 Å². The average molecular weight is 561 g/mol. The number of carbonyl (C=O) groups excluding carboxylic acids is 3. The van der Waals surface area contributed by atoms with Crippen LogP contribution in [0, 0.1) is 5.92 Å². The first kappa shape index (κ1) is 28.0. The number of anilines is 1. The third-order valence-corrected chi connectivity index (χ3v) is 8.24. The van der Waals surface area contributed by atoms with Crippen molar-refractivity contribution >= 4 is 23.5 Å². The van der Waals surface area contributed by atoms with Crippen LogP contribution in [0.5, 0.6) is 0 Å². The molecule has 1 aromatic carbocycles. The van der Waals surface area contributed by atoms with E-state index in [0.29, 0.717) is 24.2 Å². The van der Waals surface area contributed by atoms with Gasteiger partial charge < -0.3 is 20.9 Å². The van der Waals surface area contributed by atoms with Gasteiger partial charge in [-0.3, -0.25) is 14.3 Å². The maximum absolute atomic E-state index is 13.6. The van der Waals surface area contributed by atoms with Crippen LogP contribution < -0.4 is 16.0 Å². The maximum atomic E-state index is 13.6. The van der Waals surface area contributed by atoms with E-state index in [1.54, 1.807) is 23.0 Å². The van der Waals surface area contributed by atoms with Crippen molar-refractivity contribution in [2.24, 2.45) is 5.92 Å². The van der Waals surface area contributed by atoms with Crippen molar-refractivity contribution in [3.8, 4) is 0 Å². The normalized spacial score (nSPS) is 22.2. The van der Waals surface area contributed by atoms with Gasteiger partial charge in [-0.15, -0.1) is 0 Å². The van der Waals surface area contributed by atoms with E-state index in [9.17, 15) is 27.6 Å². The Morgan fingerprint density at radius 3 is 2.48 bits per heavy atom. The molecule has 0 bridgehead atoms. The van der Waals surface area contributed by atoms with Crippen LogP contribution in [0.15, 0.2) is 30.5 Å². The van der Waals surface area contributed by atoms with Crippen molar-refractivity contribution in [3.63, 3.8) is 0 Å². The van der Waals surface area contributed by atoms with Gasteiger partial charge >= 0.3 is 12.2 Å². The number of aromatic nitrogens is 2. The van der Waals surface area contributed by atoms with Crippen molar-refractivity contribution in [2.45, 2.75) is 89.1 Å². The highest BCUT2D eigenvalue weighted by Gasteiger charge is 2.49. The third-order valence-electron chi connectivity index (χ3n) is 8.24. The van der Waals surface area contributed by atoms with Gasteiger partial charge in [0.15, 0.2) is 0 Å². The number of benzene rings is 1. The molecule has 0 radical (unpaired) electrons. The van der Waals surface area contributed by atoms with Crippen molar-refractivity contribution in [2.75, 3.05) is 11.9 Å². The van der Waals surface area contributed by atoms with Crippen LogP contribution in [0.1, 0.15) is 73.6 Å². The summed E-state index contributed by atoms with van der Waals surface area (Å²) in [6.07, 6.45) is 2.69. The number of amides is 4. The number of hydrogen-bond donors (Lipinski definition) is 3. The van der Waals surface area contributed by atoms with Gasteiger partial charge in [0.25, 0.3) is 5.91 Å². The molecule has 1 saturated heterocycles. The van der Waals surface area contributed by atoms with Crippen molar-refractivity contribution in [1.82, 2.24) is 25.3 Å². The monoisotopic (exact) mass is 560 g/mol. The van der Waals surface area contributed by atoms with Crippen LogP contribution in [-0.4, -0.2) is 63.4 Å². The number of halogens is 3. The Morgan fingerprint density at radius 2 is 1.80 bits per heavy atom. The Balaban J connectivity index is 1.28. The molecule has 5 rings (SSSR count). The topological polar surface area (TPSA) is 108 Å². The van der Waals surface area contributed by atoms with Crippen LogP contribution in [-0.2, 0) is 17.6 Å². The summed E-state index contributed by atoms with van der Waals surface area (Å²) in [5.41, 5.74) is 2.76. The highest BCUT2D eigenvalue weighted by atomic mass is 19.4. The van der Waals surface area contributed by atoms with Gasteiger partial charge in [0.05, 0.1) is 6.54 Å². The molecular formula is C28H35F3N6O3. The molecule has 216 valence electrons. The SMILES string of the molecule is CC(C)n1nccc1C(=O)N[C@H](C(=O)Nc1ccc2c(c1)CC(N1C[C@@H](C(F)(F)F)NC1=O)C2)C1CCCCC1. The van der Waals surface area contributed by atoms with Crippen molar-refractivity contribution < 1.29 is 27.6 Å². The number of fused-ring (bicyclic) bond motifs is 1. The third kappa shape index (κ3) is 5.80. The molecule has 2 aliphatic carbocycles. The second-order valence-electron chi connectivity index (χ2n) is 11.3. The van der Waals surface area contributed by atoms with Crippen molar-refractivity contribution in [1.29, 1.82) is 0 Å². The summed E-state index contributed by atoms with van der Waals surface area (Å²) in [6, 6.07) is 3.35. The number of rotatable bonds is 7. The minimum absolute atomic E-state index is 0.00202. The smallest absolute Gasteiger partial charge is 0.339 e. The predicted molar refractivity (Wildman–Crippen MR) is 142 cm³/mol. The maximum Gasteiger partial charge on any atom is 0.410 e. The summed E-state index contributed by atoms with van der Waals surface area (Å²) >= 11 is 0. The molecule has 9 nitrogen and oxygen atoms in total. The molecule has 2 aromatic rings. The van der Waals surface area contributed by atoms with Gasteiger partial charge in [-0.1, -0.05) is 25.3 Å². The summed E-state index contributed by atoms with van der Waals surface area (Å²) in [6.45, 7) is 3.44. The van der Waals surface area contributed by atoms with Gasteiger partial charge in [-0.05, 0) is 74.8 Å². The lowest BCUT2D eigenvalue weighted by Crippen LogP contribution is -2.49. The molecule has 2 heterocycles. The predicted octanol–water partition coefficient (Wildman–Crippen LogP) is 4.20. The van der Waals surface area contributed by atoms with E-state index in [4.69, 9.17) is 0 Å². The minimum atomic E-state index is -4.49. The lowest BCUT2D eigenvalue weighted by atomic mass is 9.83. The van der Waals surface area contributed by atoms with Crippen LogP contribution in [0.2, 0.25) is 0 Å². The Kier molecular flexibility index (Phi) is 7.78. The summed E-state index contributed by atoms with van der Waals surface area (Å²) in [4.78, 5) is 40.3. The van der Waals surface area contributed by atoms with Crippen molar-refractivity contribution in [3.05, 3.63) is 47.3 Å². The van der Waals surface area contributed by atoms with E-state index in [2.05, 4.69) is 15.7 Å². The fourth-order valence-electron chi connectivity index (χ4n) is 6.16. The zero-order valence-corrected chi connectivity index (χ0v) is 22.6. The molecule has 40 heavy (non-hydrogen) atoms. The number of nitrogens with one attached hydrogen (secondary N) is 3. The zero-order valence-electron chi connectivity index (χ0n) is 22.6. The number of urea groups is 1. The van der Waals surface area contributed by atoms with Crippen LogP contribution >= 0.6 is 0 Å². The molecule has 1 aromatic heterocycles. The Labute approximate surface area is 230 Å². The Hall–Kier alpha value is -3.57. The zero-order chi connectivity index (χ0) is 28.6. The second kappa shape index (κ2) is 11.1.